The van der Waals surface area contributed by atoms with Crippen LogP contribution in [0.3, 0.4) is 0 Å². The Kier molecular flexibility index (Phi) is 5.71. The van der Waals surface area contributed by atoms with Crippen LogP contribution in [0.15, 0.2) is 54.6 Å². The Hall–Kier alpha value is -2.99. The molecule has 6 heteroatoms. The molecule has 29 heavy (non-hydrogen) atoms. The van der Waals surface area contributed by atoms with Crippen LogP contribution in [0.25, 0.3) is 10.9 Å². The number of amides is 1. The van der Waals surface area contributed by atoms with Crippen molar-refractivity contribution in [2.75, 3.05) is 46.4 Å². The summed E-state index contributed by atoms with van der Waals surface area (Å²) in [5.41, 5.74) is 1.84. The van der Waals surface area contributed by atoms with Crippen LogP contribution in [0.5, 0.6) is 11.5 Å². The number of carbonyl (C=O) groups excluding carboxylic acids is 1. The summed E-state index contributed by atoms with van der Waals surface area (Å²) in [6, 6.07) is 17.7. The monoisotopic (exact) mass is 393 g/mol. The fourth-order valence-electron chi connectivity index (χ4n) is 3.81. The highest BCUT2D eigenvalue weighted by atomic mass is 16.5. The minimum atomic E-state index is 0.107. The summed E-state index contributed by atoms with van der Waals surface area (Å²) >= 11 is 0. The van der Waals surface area contributed by atoms with Gasteiger partial charge in [0.05, 0.1) is 7.11 Å². The number of aromatic nitrogens is 1. The summed E-state index contributed by atoms with van der Waals surface area (Å²) in [6.07, 6.45) is 0. The number of carbonyl (C=O) groups is 1. The van der Waals surface area contributed by atoms with Gasteiger partial charge < -0.3 is 18.9 Å². The van der Waals surface area contributed by atoms with E-state index in [1.54, 1.807) is 7.11 Å². The zero-order chi connectivity index (χ0) is 20.2. The molecule has 1 aromatic heterocycles. The first-order chi connectivity index (χ1) is 14.2. The number of piperazine rings is 1. The molecular weight excluding hydrogens is 366 g/mol. The molecular formula is C23H27N3O3. The molecule has 0 radical (unpaired) electrons. The Labute approximate surface area is 171 Å². The first kappa shape index (κ1) is 19.3. The lowest BCUT2D eigenvalue weighted by molar-refractivity contribution is 0.0611. The average molecular weight is 393 g/mol. The highest BCUT2D eigenvalue weighted by Gasteiger charge is 2.24. The molecule has 2 aromatic carbocycles. The lowest BCUT2D eigenvalue weighted by atomic mass is 10.2. The standard InChI is InChI=1S/C23H27N3O3/c1-24-21-9-4-3-6-18(21)16-22(24)23(27)26-12-10-25(11-13-26)14-15-29-20-8-5-7-19(17-20)28-2/h3-9,16-17H,10-15H2,1-2H3. The van der Waals surface area contributed by atoms with Crippen molar-refractivity contribution in [1.29, 1.82) is 0 Å². The zero-order valence-corrected chi connectivity index (χ0v) is 17.0. The van der Waals surface area contributed by atoms with Gasteiger partial charge in [-0.15, -0.1) is 0 Å². The summed E-state index contributed by atoms with van der Waals surface area (Å²) in [7, 11) is 3.61. The van der Waals surface area contributed by atoms with Gasteiger partial charge in [0.1, 0.15) is 23.8 Å². The quantitative estimate of drug-likeness (QED) is 0.646. The zero-order valence-electron chi connectivity index (χ0n) is 17.0. The van der Waals surface area contributed by atoms with E-state index in [1.165, 1.54) is 0 Å². The molecule has 2 heterocycles. The second-order valence-corrected chi connectivity index (χ2v) is 7.31. The van der Waals surface area contributed by atoms with Crippen LogP contribution < -0.4 is 9.47 Å². The molecule has 1 aliphatic heterocycles. The van der Waals surface area contributed by atoms with E-state index in [2.05, 4.69) is 4.90 Å². The van der Waals surface area contributed by atoms with Crippen LogP contribution in [0.4, 0.5) is 0 Å². The molecule has 1 amide bonds. The van der Waals surface area contributed by atoms with Gasteiger partial charge in [0.25, 0.3) is 5.91 Å². The molecule has 0 atom stereocenters. The maximum Gasteiger partial charge on any atom is 0.270 e. The number of rotatable bonds is 6. The molecule has 0 spiro atoms. The molecule has 3 aromatic rings. The fourth-order valence-corrected chi connectivity index (χ4v) is 3.81. The predicted molar refractivity (Wildman–Crippen MR) is 114 cm³/mol. The first-order valence-electron chi connectivity index (χ1n) is 9.98. The Morgan fingerprint density at radius 2 is 1.72 bits per heavy atom. The van der Waals surface area contributed by atoms with E-state index in [-0.39, 0.29) is 5.91 Å². The highest BCUT2D eigenvalue weighted by Crippen LogP contribution is 2.21. The van der Waals surface area contributed by atoms with Gasteiger partial charge in [-0.05, 0) is 24.3 Å². The van der Waals surface area contributed by atoms with E-state index in [0.29, 0.717) is 6.61 Å². The van der Waals surface area contributed by atoms with Crippen molar-refractivity contribution in [3.8, 4) is 11.5 Å². The first-order valence-corrected chi connectivity index (χ1v) is 9.98. The van der Waals surface area contributed by atoms with Crippen LogP contribution in [0.1, 0.15) is 10.5 Å². The second-order valence-electron chi connectivity index (χ2n) is 7.31. The third-order valence-electron chi connectivity index (χ3n) is 5.55. The number of benzene rings is 2. The van der Waals surface area contributed by atoms with Gasteiger partial charge in [-0.25, -0.2) is 0 Å². The highest BCUT2D eigenvalue weighted by molar-refractivity contribution is 5.98. The van der Waals surface area contributed by atoms with E-state index in [9.17, 15) is 4.79 Å². The molecule has 0 N–H and O–H groups in total. The third kappa shape index (κ3) is 4.22. The number of aryl methyl sites for hydroxylation is 1. The van der Waals surface area contributed by atoms with Crippen molar-refractivity contribution < 1.29 is 14.3 Å². The maximum absolute atomic E-state index is 13.0. The van der Waals surface area contributed by atoms with Gasteiger partial charge in [-0.3, -0.25) is 9.69 Å². The van der Waals surface area contributed by atoms with Crippen LogP contribution >= 0.6 is 0 Å². The summed E-state index contributed by atoms with van der Waals surface area (Å²) in [5, 5.41) is 1.10. The minimum absolute atomic E-state index is 0.107. The van der Waals surface area contributed by atoms with Gasteiger partial charge in [0.15, 0.2) is 0 Å². The Morgan fingerprint density at radius 1 is 0.966 bits per heavy atom. The van der Waals surface area contributed by atoms with Crippen molar-refractivity contribution in [1.82, 2.24) is 14.4 Å². The Bertz CT molecular complexity index is 990. The van der Waals surface area contributed by atoms with E-state index >= 15 is 0 Å². The lowest BCUT2D eigenvalue weighted by Gasteiger charge is -2.34. The maximum atomic E-state index is 13.0. The SMILES string of the molecule is COc1cccc(OCCN2CCN(C(=O)c3cc4ccccc4n3C)CC2)c1. The van der Waals surface area contributed by atoms with E-state index < -0.39 is 0 Å². The molecule has 0 bridgehead atoms. The number of ether oxygens (including phenoxy) is 2. The molecule has 0 saturated carbocycles. The minimum Gasteiger partial charge on any atom is -0.497 e. The smallest absolute Gasteiger partial charge is 0.270 e. The van der Waals surface area contributed by atoms with Gasteiger partial charge in [-0.2, -0.15) is 0 Å². The molecule has 4 rings (SSSR count). The van der Waals surface area contributed by atoms with Crippen molar-refractivity contribution in [2.45, 2.75) is 0 Å². The number of hydrogen-bond acceptors (Lipinski definition) is 4. The molecule has 0 unspecified atom stereocenters. The largest absolute Gasteiger partial charge is 0.497 e. The van der Waals surface area contributed by atoms with E-state index in [0.717, 1.165) is 60.8 Å². The second kappa shape index (κ2) is 8.57. The molecule has 1 saturated heterocycles. The van der Waals surface area contributed by atoms with Crippen molar-refractivity contribution >= 4 is 16.8 Å². The number of nitrogens with zero attached hydrogens (tertiary/aromatic N) is 3. The van der Waals surface area contributed by atoms with Crippen molar-refractivity contribution in [3.05, 3.63) is 60.3 Å². The topological polar surface area (TPSA) is 46.9 Å². The Balaban J connectivity index is 1.28. The number of hydrogen-bond donors (Lipinski definition) is 0. The molecule has 0 aliphatic carbocycles. The van der Waals surface area contributed by atoms with Gasteiger partial charge in [-0.1, -0.05) is 24.3 Å². The molecule has 1 aliphatic rings. The Morgan fingerprint density at radius 3 is 2.48 bits per heavy atom. The lowest BCUT2D eigenvalue weighted by Crippen LogP contribution is -2.49. The van der Waals surface area contributed by atoms with Gasteiger partial charge in [0, 0.05) is 56.7 Å². The number of para-hydroxylation sites is 1. The van der Waals surface area contributed by atoms with Gasteiger partial charge >= 0.3 is 0 Å². The number of fused-ring (bicyclic) bond motifs is 1. The molecule has 152 valence electrons. The molecule has 6 nitrogen and oxygen atoms in total. The summed E-state index contributed by atoms with van der Waals surface area (Å²) in [5.74, 6) is 1.72. The fraction of sp³-hybridized carbons (Fsp3) is 0.348. The van der Waals surface area contributed by atoms with E-state index in [1.807, 2.05) is 71.1 Å². The van der Waals surface area contributed by atoms with Crippen LogP contribution in [0.2, 0.25) is 0 Å². The van der Waals surface area contributed by atoms with Gasteiger partial charge in [0.2, 0.25) is 0 Å². The van der Waals surface area contributed by atoms with Crippen molar-refractivity contribution in [2.24, 2.45) is 7.05 Å². The van der Waals surface area contributed by atoms with Crippen LogP contribution in [-0.4, -0.2) is 66.7 Å². The normalized spacial score (nSPS) is 14.9. The van der Waals surface area contributed by atoms with Crippen molar-refractivity contribution in [3.63, 3.8) is 0 Å². The average Bonchev–Trinajstić information content (AvgIpc) is 3.11. The number of methoxy groups -OCH3 is 1. The summed E-state index contributed by atoms with van der Waals surface area (Å²) < 4.78 is 13.1. The third-order valence-corrected chi connectivity index (χ3v) is 5.55. The summed E-state index contributed by atoms with van der Waals surface area (Å²) in [6.45, 7) is 4.64. The summed E-state index contributed by atoms with van der Waals surface area (Å²) in [4.78, 5) is 17.3. The molecule has 1 fully saturated rings. The van der Waals surface area contributed by atoms with Crippen LogP contribution in [-0.2, 0) is 7.05 Å². The van der Waals surface area contributed by atoms with E-state index in [4.69, 9.17) is 9.47 Å². The predicted octanol–water partition coefficient (Wildman–Crippen LogP) is 3.02. The van der Waals surface area contributed by atoms with Crippen LogP contribution in [0, 0.1) is 0 Å².